The second kappa shape index (κ2) is 9.45. The molecule has 1 heterocycles. The first-order valence-corrected chi connectivity index (χ1v) is 11.9. The molecule has 5 nitrogen and oxygen atoms in total. The Bertz CT molecular complexity index is 1280. The number of imide groups is 1. The van der Waals surface area contributed by atoms with Crippen LogP contribution in [0.5, 0.6) is 0 Å². The second-order valence-electron chi connectivity index (χ2n) is 6.90. The normalized spacial score (nSPS) is 12.8. The number of hydrogen-bond acceptors (Lipinski definition) is 3. The highest BCUT2D eigenvalue weighted by Gasteiger charge is 2.46. The number of hydrogen-bond donors (Lipinski definition) is 0. The van der Waals surface area contributed by atoms with Crippen molar-refractivity contribution < 1.29 is 14.4 Å². The molecule has 0 atom stereocenters. The van der Waals surface area contributed by atoms with Gasteiger partial charge in [-0.1, -0.05) is 98.2 Å². The molecule has 0 unspecified atom stereocenters. The van der Waals surface area contributed by atoms with Crippen molar-refractivity contribution in [1.29, 1.82) is 0 Å². The van der Waals surface area contributed by atoms with Crippen LogP contribution in [0.4, 0.5) is 0 Å². The van der Waals surface area contributed by atoms with Gasteiger partial charge in [0.2, 0.25) is 0 Å². The van der Waals surface area contributed by atoms with Gasteiger partial charge in [0.1, 0.15) is 0 Å². The molecule has 0 radical (unpaired) electrons. The van der Waals surface area contributed by atoms with Gasteiger partial charge in [0, 0.05) is 4.47 Å². The van der Waals surface area contributed by atoms with E-state index in [-0.39, 0.29) is 48.3 Å². The maximum Gasteiger partial charge on any atom is 0.282 e. The third-order valence-corrected chi connectivity index (χ3v) is 7.57. The highest BCUT2D eigenvalue weighted by atomic mass is 79.9. The van der Waals surface area contributed by atoms with Gasteiger partial charge >= 0.3 is 0 Å². The minimum atomic E-state index is -0.863. The molecule has 0 fully saturated rings. The molecule has 3 aromatic rings. The van der Waals surface area contributed by atoms with E-state index < -0.39 is 17.7 Å². The quantitative estimate of drug-likeness (QED) is 0.175. The Hall–Kier alpha value is -1.80. The minimum absolute atomic E-state index is 0.0982. The molecule has 3 aromatic carbocycles. The first-order valence-electron chi connectivity index (χ1n) is 9.19. The molecule has 0 aromatic heterocycles. The predicted molar refractivity (Wildman–Crippen MR) is 132 cm³/mol. The molecule has 1 aliphatic heterocycles. The average Bonchev–Trinajstić information content (AvgIpc) is 3.06. The van der Waals surface area contributed by atoms with Gasteiger partial charge in [0.05, 0.1) is 48.3 Å². The summed E-state index contributed by atoms with van der Waals surface area (Å²) in [6, 6.07) is 13.3. The lowest BCUT2D eigenvalue weighted by atomic mass is 10.1. The average molecular weight is 608 g/mol. The zero-order valence-corrected chi connectivity index (χ0v) is 21.6. The van der Waals surface area contributed by atoms with E-state index in [2.05, 4.69) is 15.9 Å². The van der Waals surface area contributed by atoms with Gasteiger partial charge in [-0.3, -0.25) is 14.4 Å². The molecule has 168 valence electrons. The first kappa shape index (κ1) is 24.3. The van der Waals surface area contributed by atoms with Crippen molar-refractivity contribution in [1.82, 2.24) is 10.0 Å². The van der Waals surface area contributed by atoms with E-state index in [4.69, 9.17) is 58.0 Å². The molecule has 0 bridgehead atoms. The Morgan fingerprint density at radius 3 is 1.82 bits per heavy atom. The van der Waals surface area contributed by atoms with Gasteiger partial charge in [-0.05, 0) is 29.8 Å². The summed E-state index contributed by atoms with van der Waals surface area (Å²) in [6.45, 7) is -0.125. The van der Waals surface area contributed by atoms with Crippen LogP contribution in [-0.2, 0) is 6.54 Å². The molecule has 0 saturated heterocycles. The van der Waals surface area contributed by atoms with Crippen LogP contribution in [0.25, 0.3) is 0 Å². The standard InChI is InChI=1S/C22H10BrCl5N2O3/c23-11-7-5-10(6-8-11)9-29(20(31)12-3-1-2-4-13(12)24)30-21(32)14-15(22(30)33)17(26)19(28)18(27)16(14)25/h1-8H,9H2. The lowest BCUT2D eigenvalue weighted by Gasteiger charge is -2.30. The van der Waals surface area contributed by atoms with Gasteiger partial charge in [-0.2, -0.15) is 5.01 Å². The fourth-order valence-corrected chi connectivity index (χ4v) is 4.82. The lowest BCUT2D eigenvalue weighted by Crippen LogP contribution is -2.49. The van der Waals surface area contributed by atoms with E-state index in [9.17, 15) is 14.4 Å². The molecule has 0 spiro atoms. The molecular weight excluding hydrogens is 597 g/mol. The Balaban J connectivity index is 1.86. The number of carbonyl (C=O) groups excluding carboxylic acids is 3. The minimum Gasteiger partial charge on any atom is -0.267 e. The van der Waals surface area contributed by atoms with E-state index in [1.807, 2.05) is 0 Å². The van der Waals surface area contributed by atoms with Crippen molar-refractivity contribution in [2.45, 2.75) is 6.54 Å². The van der Waals surface area contributed by atoms with Crippen molar-refractivity contribution >= 4 is 91.7 Å². The molecule has 0 saturated carbocycles. The number of nitrogens with zero attached hydrogens (tertiary/aromatic N) is 2. The van der Waals surface area contributed by atoms with Crippen LogP contribution in [0.15, 0.2) is 53.0 Å². The van der Waals surface area contributed by atoms with Crippen LogP contribution in [0.3, 0.4) is 0 Å². The second-order valence-corrected chi connectivity index (χ2v) is 9.73. The summed E-state index contributed by atoms with van der Waals surface area (Å²) in [6.07, 6.45) is 0. The highest BCUT2D eigenvalue weighted by molar-refractivity contribution is 9.10. The maximum absolute atomic E-state index is 13.5. The Kier molecular flexibility index (Phi) is 6.97. The summed E-state index contributed by atoms with van der Waals surface area (Å²) in [7, 11) is 0. The molecular formula is C22H10BrCl5N2O3. The summed E-state index contributed by atoms with van der Waals surface area (Å²) < 4.78 is 0.818. The van der Waals surface area contributed by atoms with E-state index in [0.717, 1.165) is 9.48 Å². The summed E-state index contributed by atoms with van der Waals surface area (Å²) in [5.74, 6) is -2.40. The number of amides is 3. The fourth-order valence-electron chi connectivity index (χ4n) is 3.33. The Morgan fingerprint density at radius 1 is 0.788 bits per heavy atom. The van der Waals surface area contributed by atoms with Gasteiger partial charge in [0.15, 0.2) is 0 Å². The molecule has 4 rings (SSSR count). The molecule has 33 heavy (non-hydrogen) atoms. The van der Waals surface area contributed by atoms with E-state index in [1.54, 1.807) is 36.4 Å². The lowest BCUT2D eigenvalue weighted by molar-refractivity contribution is 0.000884. The number of halogens is 6. The fraction of sp³-hybridized carbons (Fsp3) is 0.0455. The number of hydrazine groups is 1. The molecule has 1 aliphatic rings. The third-order valence-electron chi connectivity index (χ3n) is 4.91. The zero-order chi connectivity index (χ0) is 24.0. The van der Waals surface area contributed by atoms with Crippen LogP contribution in [0, 0.1) is 0 Å². The number of benzene rings is 3. The number of fused-ring (bicyclic) bond motifs is 1. The number of carbonyl (C=O) groups is 3. The Morgan fingerprint density at radius 2 is 1.30 bits per heavy atom. The van der Waals surface area contributed by atoms with E-state index >= 15 is 0 Å². The highest BCUT2D eigenvalue weighted by Crippen LogP contribution is 2.45. The molecule has 0 N–H and O–H groups in total. The zero-order valence-electron chi connectivity index (χ0n) is 16.2. The van der Waals surface area contributed by atoms with Crippen molar-refractivity contribution in [2.24, 2.45) is 0 Å². The maximum atomic E-state index is 13.5. The topological polar surface area (TPSA) is 57.7 Å². The van der Waals surface area contributed by atoms with Crippen LogP contribution in [0.1, 0.15) is 36.6 Å². The first-order chi connectivity index (χ1) is 15.6. The molecule has 11 heteroatoms. The van der Waals surface area contributed by atoms with Crippen molar-refractivity contribution in [3.05, 3.63) is 100 Å². The van der Waals surface area contributed by atoms with Crippen molar-refractivity contribution in [2.75, 3.05) is 0 Å². The van der Waals surface area contributed by atoms with E-state index in [0.29, 0.717) is 10.6 Å². The smallest absolute Gasteiger partial charge is 0.267 e. The summed E-state index contributed by atoms with van der Waals surface area (Å²) in [4.78, 5) is 40.3. The number of rotatable bonds is 4. The monoisotopic (exact) mass is 604 g/mol. The summed E-state index contributed by atoms with van der Waals surface area (Å²) in [5, 5.41) is 1.05. The summed E-state index contributed by atoms with van der Waals surface area (Å²) in [5.41, 5.74) is 0.284. The van der Waals surface area contributed by atoms with Crippen molar-refractivity contribution in [3.8, 4) is 0 Å². The molecule has 3 amide bonds. The van der Waals surface area contributed by atoms with Crippen LogP contribution in [-0.4, -0.2) is 27.7 Å². The SMILES string of the molecule is O=C(c1ccccc1Cl)N(Cc1ccc(Br)cc1)N1C(=O)c2c(Cl)c(Cl)c(Cl)c(Cl)c2C1=O. The van der Waals surface area contributed by atoms with Crippen molar-refractivity contribution in [3.63, 3.8) is 0 Å². The Labute approximate surface area is 221 Å². The van der Waals surface area contributed by atoms with Gasteiger partial charge in [-0.25, -0.2) is 5.01 Å². The molecule has 0 aliphatic carbocycles. The summed E-state index contributed by atoms with van der Waals surface area (Å²) >= 11 is 34.3. The van der Waals surface area contributed by atoms with Crippen LogP contribution in [0.2, 0.25) is 25.1 Å². The van der Waals surface area contributed by atoms with Gasteiger partial charge in [0.25, 0.3) is 17.7 Å². The predicted octanol–water partition coefficient (Wildman–Crippen LogP) is 7.57. The van der Waals surface area contributed by atoms with Gasteiger partial charge in [-0.15, -0.1) is 0 Å². The van der Waals surface area contributed by atoms with Crippen LogP contribution >= 0.6 is 73.9 Å². The van der Waals surface area contributed by atoms with Gasteiger partial charge < -0.3 is 0 Å². The third kappa shape index (κ3) is 4.25. The van der Waals surface area contributed by atoms with Crippen LogP contribution < -0.4 is 0 Å². The van der Waals surface area contributed by atoms with E-state index in [1.165, 1.54) is 12.1 Å². The largest absolute Gasteiger partial charge is 0.282 e.